The first-order valence-corrected chi connectivity index (χ1v) is 11.5. The van der Waals surface area contributed by atoms with Crippen LogP contribution in [0.4, 0.5) is 5.82 Å². The van der Waals surface area contributed by atoms with Gasteiger partial charge in [0.05, 0.1) is 18.6 Å². The van der Waals surface area contributed by atoms with Crippen molar-refractivity contribution in [1.29, 1.82) is 0 Å². The molecular weight excluding hydrogens is 450 g/mol. The van der Waals surface area contributed by atoms with E-state index in [1.165, 1.54) is 10.9 Å². The van der Waals surface area contributed by atoms with E-state index in [-0.39, 0.29) is 18.1 Å². The molecule has 1 aromatic carbocycles. The van der Waals surface area contributed by atoms with Gasteiger partial charge in [-0.05, 0) is 69.0 Å². The third-order valence-corrected chi connectivity index (χ3v) is 5.63. The van der Waals surface area contributed by atoms with E-state index in [1.54, 1.807) is 42.5 Å². The van der Waals surface area contributed by atoms with Crippen molar-refractivity contribution in [3.63, 3.8) is 0 Å². The number of fused-ring (bicyclic) bond motifs is 1. The average Bonchev–Trinajstić information content (AvgIpc) is 3.54. The molecule has 10 heteroatoms. The molecule has 180 valence electrons. The number of carbonyl (C=O) groups excluding carboxylic acids is 1. The van der Waals surface area contributed by atoms with Gasteiger partial charge in [0, 0.05) is 11.6 Å². The topological polar surface area (TPSA) is 124 Å². The minimum Gasteiger partial charge on any atom is -0.494 e. The molecule has 4 aromatic rings. The first kappa shape index (κ1) is 22.5. The van der Waals surface area contributed by atoms with Gasteiger partial charge in [0.2, 0.25) is 5.95 Å². The Morgan fingerprint density at radius 1 is 1.14 bits per heavy atom. The highest BCUT2D eigenvalue weighted by Gasteiger charge is 2.20. The fraction of sp³-hybridized carbons (Fsp3) is 0.280. The van der Waals surface area contributed by atoms with Crippen molar-refractivity contribution in [2.75, 3.05) is 18.5 Å². The van der Waals surface area contributed by atoms with Gasteiger partial charge in [-0.1, -0.05) is 0 Å². The summed E-state index contributed by atoms with van der Waals surface area (Å²) >= 11 is 0. The minimum atomic E-state index is -0.397. The van der Waals surface area contributed by atoms with Gasteiger partial charge in [0.25, 0.3) is 11.5 Å². The Bertz CT molecular complexity index is 1370. The van der Waals surface area contributed by atoms with Crippen molar-refractivity contribution < 1.29 is 18.7 Å². The van der Waals surface area contributed by atoms with Crippen LogP contribution in [0.3, 0.4) is 0 Å². The van der Waals surface area contributed by atoms with Crippen molar-refractivity contribution in [3.05, 3.63) is 70.3 Å². The molecule has 0 saturated heterocycles. The average molecular weight is 476 g/mol. The summed E-state index contributed by atoms with van der Waals surface area (Å²) in [4.78, 5) is 32.8. The van der Waals surface area contributed by atoms with Gasteiger partial charge in [0.15, 0.2) is 12.4 Å². The molecule has 3 aromatic heterocycles. The zero-order valence-electron chi connectivity index (χ0n) is 19.2. The molecule has 0 atom stereocenters. The molecule has 35 heavy (non-hydrogen) atoms. The van der Waals surface area contributed by atoms with Gasteiger partial charge < -0.3 is 19.2 Å². The van der Waals surface area contributed by atoms with Crippen LogP contribution in [0.25, 0.3) is 17.4 Å². The van der Waals surface area contributed by atoms with Crippen LogP contribution in [0.15, 0.2) is 57.9 Å². The standard InChI is InChI=1S/C25H25N5O5/c1-2-33-16-9-11-17(12-10-16)35-15-23(31)27-22-14-20(21-8-5-13-34-21)29-30(22)25-26-19-7-4-3-6-18(19)24(32)28-25/h5,8-14H,2-4,6-7,15H2,1H3,(H,27,31)(H,26,28,32). The van der Waals surface area contributed by atoms with E-state index in [4.69, 9.17) is 13.9 Å². The molecule has 0 unspecified atom stereocenters. The summed E-state index contributed by atoms with van der Waals surface area (Å²) in [6, 6.07) is 12.2. The number of hydrogen-bond donors (Lipinski definition) is 2. The molecule has 3 heterocycles. The van der Waals surface area contributed by atoms with Crippen LogP contribution in [0.5, 0.6) is 11.5 Å². The Hall–Kier alpha value is -4.34. The summed E-state index contributed by atoms with van der Waals surface area (Å²) in [6.07, 6.45) is 4.93. The lowest BCUT2D eigenvalue weighted by Gasteiger charge is -2.15. The van der Waals surface area contributed by atoms with E-state index < -0.39 is 5.91 Å². The number of furan rings is 1. The SMILES string of the molecule is CCOc1ccc(OCC(=O)Nc2cc(-c3ccco3)nn2-c2nc3c(c(=O)[nH]2)CCCC3)cc1. The smallest absolute Gasteiger partial charge is 0.263 e. The number of rotatable bonds is 8. The second kappa shape index (κ2) is 9.88. The lowest BCUT2D eigenvalue weighted by molar-refractivity contribution is -0.118. The Morgan fingerprint density at radius 3 is 2.66 bits per heavy atom. The van der Waals surface area contributed by atoms with Crippen LogP contribution < -0.4 is 20.3 Å². The quantitative estimate of drug-likeness (QED) is 0.400. The van der Waals surface area contributed by atoms with Crippen molar-refractivity contribution in [2.24, 2.45) is 0 Å². The van der Waals surface area contributed by atoms with Crippen LogP contribution in [-0.2, 0) is 17.6 Å². The van der Waals surface area contributed by atoms with Gasteiger partial charge in [-0.3, -0.25) is 14.6 Å². The highest BCUT2D eigenvalue weighted by atomic mass is 16.5. The van der Waals surface area contributed by atoms with E-state index in [0.717, 1.165) is 30.7 Å². The number of nitrogens with one attached hydrogen (secondary N) is 2. The number of hydrogen-bond acceptors (Lipinski definition) is 7. The fourth-order valence-electron chi connectivity index (χ4n) is 3.99. The van der Waals surface area contributed by atoms with E-state index in [1.807, 2.05) is 6.92 Å². The zero-order valence-corrected chi connectivity index (χ0v) is 19.2. The summed E-state index contributed by atoms with van der Waals surface area (Å²) in [6.45, 7) is 2.26. The summed E-state index contributed by atoms with van der Waals surface area (Å²) in [5, 5.41) is 7.33. The predicted octanol–water partition coefficient (Wildman–Crippen LogP) is 3.51. The first-order valence-electron chi connectivity index (χ1n) is 11.5. The van der Waals surface area contributed by atoms with Crippen LogP contribution in [0.2, 0.25) is 0 Å². The molecule has 0 aliphatic heterocycles. The third-order valence-electron chi connectivity index (χ3n) is 5.63. The Balaban J connectivity index is 1.38. The van der Waals surface area contributed by atoms with Gasteiger partial charge in [-0.2, -0.15) is 9.78 Å². The number of aryl methyl sites for hydroxylation is 1. The summed E-state index contributed by atoms with van der Waals surface area (Å²) in [7, 11) is 0. The molecule has 0 bridgehead atoms. The van der Waals surface area contributed by atoms with Gasteiger partial charge in [0.1, 0.15) is 23.0 Å². The van der Waals surface area contributed by atoms with Crippen molar-refractivity contribution >= 4 is 11.7 Å². The van der Waals surface area contributed by atoms with Crippen LogP contribution in [0.1, 0.15) is 31.0 Å². The number of benzene rings is 1. The Morgan fingerprint density at radius 2 is 1.91 bits per heavy atom. The molecule has 2 N–H and O–H groups in total. The van der Waals surface area contributed by atoms with Crippen molar-refractivity contribution in [3.8, 4) is 28.9 Å². The predicted molar refractivity (Wildman–Crippen MR) is 128 cm³/mol. The normalized spacial score (nSPS) is 12.7. The lowest BCUT2D eigenvalue weighted by atomic mass is 9.97. The van der Waals surface area contributed by atoms with Crippen molar-refractivity contribution in [2.45, 2.75) is 32.6 Å². The van der Waals surface area contributed by atoms with Gasteiger partial charge in [-0.25, -0.2) is 4.98 Å². The molecule has 1 aliphatic rings. The molecule has 5 rings (SSSR count). The fourth-order valence-corrected chi connectivity index (χ4v) is 3.99. The van der Waals surface area contributed by atoms with Crippen LogP contribution in [-0.4, -0.2) is 38.9 Å². The number of aromatic amines is 1. The van der Waals surface area contributed by atoms with Crippen molar-refractivity contribution in [1.82, 2.24) is 19.7 Å². The summed E-state index contributed by atoms with van der Waals surface area (Å²) in [5.74, 6) is 1.95. The number of anilines is 1. The zero-order chi connectivity index (χ0) is 24.2. The van der Waals surface area contributed by atoms with E-state index >= 15 is 0 Å². The summed E-state index contributed by atoms with van der Waals surface area (Å²) < 4.78 is 17.9. The number of carbonyl (C=O) groups is 1. The maximum absolute atomic E-state index is 12.7. The van der Waals surface area contributed by atoms with E-state index in [9.17, 15) is 9.59 Å². The highest BCUT2D eigenvalue weighted by molar-refractivity contribution is 5.91. The Labute approximate surface area is 200 Å². The van der Waals surface area contributed by atoms with Crippen LogP contribution >= 0.6 is 0 Å². The van der Waals surface area contributed by atoms with Crippen LogP contribution in [0, 0.1) is 0 Å². The first-order chi connectivity index (χ1) is 17.1. The maximum Gasteiger partial charge on any atom is 0.263 e. The minimum absolute atomic E-state index is 0.184. The van der Waals surface area contributed by atoms with Gasteiger partial charge >= 0.3 is 0 Å². The molecule has 1 aliphatic carbocycles. The number of H-pyrrole nitrogens is 1. The number of aromatic nitrogens is 4. The monoisotopic (exact) mass is 475 g/mol. The Kier molecular flexibility index (Phi) is 6.34. The molecule has 0 spiro atoms. The molecule has 1 amide bonds. The molecular formula is C25H25N5O5. The number of ether oxygens (including phenoxy) is 2. The lowest BCUT2D eigenvalue weighted by Crippen LogP contribution is -2.26. The maximum atomic E-state index is 12.7. The highest BCUT2D eigenvalue weighted by Crippen LogP contribution is 2.25. The summed E-state index contributed by atoms with van der Waals surface area (Å²) in [5.41, 5.74) is 1.78. The van der Waals surface area contributed by atoms with Gasteiger partial charge in [-0.15, -0.1) is 0 Å². The molecule has 0 saturated carbocycles. The van der Waals surface area contributed by atoms with E-state index in [2.05, 4.69) is 20.4 Å². The number of nitrogens with zero attached hydrogens (tertiary/aromatic N) is 3. The largest absolute Gasteiger partial charge is 0.494 e. The molecule has 0 radical (unpaired) electrons. The molecule has 10 nitrogen and oxygen atoms in total. The third kappa shape index (κ3) is 4.96. The second-order valence-corrected chi connectivity index (χ2v) is 8.07. The second-order valence-electron chi connectivity index (χ2n) is 8.07. The van der Waals surface area contributed by atoms with E-state index in [0.29, 0.717) is 41.6 Å². The number of amides is 1. The molecule has 0 fully saturated rings.